The van der Waals surface area contributed by atoms with E-state index in [1.807, 2.05) is 0 Å². The number of rotatable bonds is 1. The van der Waals surface area contributed by atoms with Crippen LogP contribution in [0.3, 0.4) is 0 Å². The Morgan fingerprint density at radius 2 is 1.93 bits per heavy atom. The molecule has 0 aliphatic heterocycles. The van der Waals surface area contributed by atoms with Gasteiger partial charge in [0.25, 0.3) is 0 Å². The van der Waals surface area contributed by atoms with Crippen LogP contribution in [-0.2, 0) is 5.54 Å². The first-order chi connectivity index (χ1) is 7.08. The van der Waals surface area contributed by atoms with Gasteiger partial charge in [-0.05, 0) is 25.0 Å². The summed E-state index contributed by atoms with van der Waals surface area (Å²) >= 11 is 11.8. The maximum absolute atomic E-state index is 6.05. The molecule has 5 heteroatoms. The molecule has 0 amide bonds. The summed E-state index contributed by atoms with van der Waals surface area (Å²) in [4.78, 5) is 7.61. The molecular weight excluding hydrogens is 233 g/mol. The van der Waals surface area contributed by atoms with Crippen LogP contribution in [0.25, 0.3) is 11.0 Å². The summed E-state index contributed by atoms with van der Waals surface area (Å²) in [5.74, 6) is 0.829. The lowest BCUT2D eigenvalue weighted by Crippen LogP contribution is -2.20. The molecule has 0 saturated heterocycles. The Kier molecular flexibility index (Phi) is 1.81. The van der Waals surface area contributed by atoms with Crippen molar-refractivity contribution in [2.45, 2.75) is 18.4 Å². The first kappa shape index (κ1) is 9.46. The van der Waals surface area contributed by atoms with Crippen molar-refractivity contribution in [2.75, 3.05) is 0 Å². The van der Waals surface area contributed by atoms with Crippen molar-refractivity contribution in [3.63, 3.8) is 0 Å². The lowest BCUT2D eigenvalue weighted by atomic mass is 10.3. The van der Waals surface area contributed by atoms with E-state index in [2.05, 4.69) is 9.97 Å². The van der Waals surface area contributed by atoms with Gasteiger partial charge in [0.2, 0.25) is 0 Å². The molecule has 0 bridgehead atoms. The number of nitrogens with one attached hydrogen (secondary N) is 1. The molecule has 1 aliphatic rings. The van der Waals surface area contributed by atoms with Gasteiger partial charge in [-0.2, -0.15) is 0 Å². The second-order valence-electron chi connectivity index (χ2n) is 4.03. The van der Waals surface area contributed by atoms with Crippen LogP contribution in [0.15, 0.2) is 12.1 Å². The summed E-state index contributed by atoms with van der Waals surface area (Å²) in [6.07, 6.45) is 1.96. The third kappa shape index (κ3) is 1.42. The number of fused-ring (bicyclic) bond motifs is 1. The number of benzene rings is 1. The molecule has 1 aromatic carbocycles. The molecule has 78 valence electrons. The number of aromatic nitrogens is 2. The van der Waals surface area contributed by atoms with E-state index in [0.29, 0.717) is 10.0 Å². The third-order valence-electron chi connectivity index (χ3n) is 2.78. The number of halogens is 2. The Bertz CT molecular complexity index is 504. The first-order valence-electron chi connectivity index (χ1n) is 4.73. The summed E-state index contributed by atoms with van der Waals surface area (Å²) in [7, 11) is 0. The highest BCUT2D eigenvalue weighted by molar-refractivity contribution is 6.42. The van der Waals surface area contributed by atoms with Crippen molar-refractivity contribution in [1.29, 1.82) is 0 Å². The average molecular weight is 242 g/mol. The Balaban J connectivity index is 2.22. The normalized spacial score (nSPS) is 18.3. The van der Waals surface area contributed by atoms with Gasteiger partial charge in [-0.1, -0.05) is 23.2 Å². The summed E-state index contributed by atoms with van der Waals surface area (Å²) < 4.78 is 0. The van der Waals surface area contributed by atoms with Crippen molar-refractivity contribution in [2.24, 2.45) is 5.73 Å². The maximum Gasteiger partial charge on any atom is 0.127 e. The molecule has 0 spiro atoms. The molecule has 2 aromatic rings. The Morgan fingerprint density at radius 1 is 1.27 bits per heavy atom. The molecule has 0 radical (unpaired) electrons. The van der Waals surface area contributed by atoms with Gasteiger partial charge in [0.05, 0.1) is 26.6 Å². The molecule has 15 heavy (non-hydrogen) atoms. The minimum absolute atomic E-state index is 0.252. The van der Waals surface area contributed by atoms with Crippen LogP contribution < -0.4 is 5.73 Å². The fraction of sp³-hybridized carbons (Fsp3) is 0.300. The average Bonchev–Trinajstić information content (AvgIpc) is 2.78. The zero-order chi connectivity index (χ0) is 10.6. The summed E-state index contributed by atoms with van der Waals surface area (Å²) in [6.45, 7) is 0. The summed E-state index contributed by atoms with van der Waals surface area (Å²) in [5.41, 5.74) is 7.50. The van der Waals surface area contributed by atoms with E-state index in [1.165, 1.54) is 0 Å². The number of nitrogens with two attached hydrogens (primary N) is 1. The minimum atomic E-state index is -0.252. The number of hydrogen-bond donors (Lipinski definition) is 2. The van der Waals surface area contributed by atoms with Gasteiger partial charge in [0, 0.05) is 0 Å². The molecule has 1 fully saturated rings. The highest BCUT2D eigenvalue weighted by atomic mass is 35.5. The molecular formula is C10H9Cl2N3. The lowest BCUT2D eigenvalue weighted by Gasteiger charge is -2.01. The predicted octanol–water partition coefficient (Wildman–Crippen LogP) is 2.82. The van der Waals surface area contributed by atoms with Gasteiger partial charge in [-0.25, -0.2) is 4.98 Å². The molecule has 0 unspecified atom stereocenters. The van der Waals surface area contributed by atoms with E-state index in [0.717, 1.165) is 29.7 Å². The number of H-pyrrole nitrogens is 1. The van der Waals surface area contributed by atoms with Crippen LogP contribution in [0, 0.1) is 0 Å². The van der Waals surface area contributed by atoms with Crippen LogP contribution in [0.1, 0.15) is 18.7 Å². The summed E-state index contributed by atoms with van der Waals surface area (Å²) in [6, 6.07) is 3.53. The third-order valence-corrected chi connectivity index (χ3v) is 3.51. The zero-order valence-corrected chi connectivity index (χ0v) is 9.36. The number of nitrogens with zero attached hydrogens (tertiary/aromatic N) is 1. The minimum Gasteiger partial charge on any atom is -0.340 e. The highest BCUT2D eigenvalue weighted by Gasteiger charge is 2.43. The van der Waals surface area contributed by atoms with Crippen LogP contribution in [-0.4, -0.2) is 9.97 Å². The second-order valence-corrected chi connectivity index (χ2v) is 4.84. The number of imidazole rings is 1. The van der Waals surface area contributed by atoms with E-state index in [4.69, 9.17) is 28.9 Å². The standard InChI is InChI=1S/C10H9Cl2N3/c11-5-3-7-8(4-6(5)12)15-9(14-7)10(13)1-2-10/h3-4H,1-2,13H2,(H,14,15). The van der Waals surface area contributed by atoms with Gasteiger partial charge < -0.3 is 10.7 Å². The Hall–Kier alpha value is -0.770. The molecule has 1 saturated carbocycles. The largest absolute Gasteiger partial charge is 0.340 e. The fourth-order valence-electron chi connectivity index (χ4n) is 1.61. The Morgan fingerprint density at radius 3 is 2.60 bits per heavy atom. The van der Waals surface area contributed by atoms with E-state index in [1.54, 1.807) is 12.1 Å². The first-order valence-corrected chi connectivity index (χ1v) is 5.48. The molecule has 3 nitrogen and oxygen atoms in total. The predicted molar refractivity (Wildman–Crippen MR) is 61.2 cm³/mol. The van der Waals surface area contributed by atoms with Crippen molar-refractivity contribution in [3.8, 4) is 0 Å². The van der Waals surface area contributed by atoms with E-state index in [9.17, 15) is 0 Å². The van der Waals surface area contributed by atoms with Crippen LogP contribution >= 0.6 is 23.2 Å². The molecule has 3 rings (SSSR count). The quantitative estimate of drug-likeness (QED) is 0.807. The monoisotopic (exact) mass is 241 g/mol. The smallest absolute Gasteiger partial charge is 0.127 e. The maximum atomic E-state index is 6.05. The van der Waals surface area contributed by atoms with Crippen molar-refractivity contribution >= 4 is 34.2 Å². The lowest BCUT2D eigenvalue weighted by molar-refractivity contribution is 0.688. The van der Waals surface area contributed by atoms with E-state index >= 15 is 0 Å². The van der Waals surface area contributed by atoms with E-state index in [-0.39, 0.29) is 5.54 Å². The van der Waals surface area contributed by atoms with Gasteiger partial charge >= 0.3 is 0 Å². The molecule has 3 N–H and O–H groups in total. The highest BCUT2D eigenvalue weighted by Crippen LogP contribution is 2.42. The van der Waals surface area contributed by atoms with Gasteiger partial charge in [-0.3, -0.25) is 0 Å². The molecule has 0 atom stereocenters. The second kappa shape index (κ2) is 2.88. The molecule has 1 aliphatic carbocycles. The molecule has 1 aromatic heterocycles. The molecule has 1 heterocycles. The van der Waals surface area contributed by atoms with Gasteiger partial charge in [0.1, 0.15) is 5.82 Å². The van der Waals surface area contributed by atoms with Gasteiger partial charge in [0.15, 0.2) is 0 Å². The SMILES string of the molecule is NC1(c2nc3cc(Cl)c(Cl)cc3[nH]2)CC1. The number of hydrogen-bond acceptors (Lipinski definition) is 2. The van der Waals surface area contributed by atoms with Crippen molar-refractivity contribution < 1.29 is 0 Å². The fourth-order valence-corrected chi connectivity index (χ4v) is 1.93. The number of aromatic amines is 1. The van der Waals surface area contributed by atoms with Crippen molar-refractivity contribution in [3.05, 3.63) is 28.0 Å². The van der Waals surface area contributed by atoms with E-state index < -0.39 is 0 Å². The Labute approximate surface area is 96.6 Å². The van der Waals surface area contributed by atoms with Gasteiger partial charge in [-0.15, -0.1) is 0 Å². The zero-order valence-electron chi connectivity index (χ0n) is 7.85. The van der Waals surface area contributed by atoms with Crippen molar-refractivity contribution in [1.82, 2.24) is 9.97 Å². The van der Waals surface area contributed by atoms with Crippen LogP contribution in [0.5, 0.6) is 0 Å². The van der Waals surface area contributed by atoms with Crippen LogP contribution in [0.2, 0.25) is 10.0 Å². The summed E-state index contributed by atoms with van der Waals surface area (Å²) in [5, 5.41) is 1.05. The van der Waals surface area contributed by atoms with Crippen LogP contribution in [0.4, 0.5) is 0 Å². The topological polar surface area (TPSA) is 54.7 Å².